The molecule has 0 spiro atoms. The molecular weight excluding hydrogens is 398 g/mol. The number of piperidine rings is 1. The second-order valence-corrected chi connectivity index (χ2v) is 8.51. The molecule has 2 aromatic carbocycles. The molecule has 1 aliphatic rings. The Kier molecular flexibility index (Phi) is 5.96. The minimum Gasteiger partial charge on any atom is -0.489 e. The summed E-state index contributed by atoms with van der Waals surface area (Å²) in [7, 11) is 0. The second kappa shape index (κ2) is 8.81. The van der Waals surface area contributed by atoms with Crippen molar-refractivity contribution < 1.29 is 9.15 Å². The SMILES string of the molecule is C[C@@H]1C[C@H](C)CN(c2oc(-c3ccc(OCc4ccc(Cl)cc4)cc3)nc2C#N)C1. The van der Waals surface area contributed by atoms with Crippen LogP contribution >= 0.6 is 11.6 Å². The van der Waals surface area contributed by atoms with Gasteiger partial charge in [0.05, 0.1) is 0 Å². The Bertz CT molecular complexity index is 1030. The molecule has 5 nitrogen and oxygen atoms in total. The highest BCUT2D eigenvalue weighted by atomic mass is 35.5. The lowest BCUT2D eigenvalue weighted by Crippen LogP contribution is -2.38. The van der Waals surface area contributed by atoms with Crippen LogP contribution < -0.4 is 9.64 Å². The van der Waals surface area contributed by atoms with Crippen molar-refractivity contribution >= 4 is 17.5 Å². The lowest BCUT2D eigenvalue weighted by Gasteiger charge is -2.34. The van der Waals surface area contributed by atoms with E-state index in [0.717, 1.165) is 30.0 Å². The van der Waals surface area contributed by atoms with Crippen LogP contribution in [-0.2, 0) is 6.61 Å². The van der Waals surface area contributed by atoms with Crippen LogP contribution in [0, 0.1) is 23.2 Å². The maximum absolute atomic E-state index is 9.55. The zero-order valence-electron chi connectivity index (χ0n) is 17.1. The summed E-state index contributed by atoms with van der Waals surface area (Å²) in [4.78, 5) is 6.58. The number of oxazole rings is 1. The summed E-state index contributed by atoms with van der Waals surface area (Å²) in [5.41, 5.74) is 2.20. The Morgan fingerprint density at radius 3 is 2.40 bits per heavy atom. The lowest BCUT2D eigenvalue weighted by molar-refractivity contribution is 0.306. The number of hydrogen-bond acceptors (Lipinski definition) is 5. The van der Waals surface area contributed by atoms with Gasteiger partial charge in [-0.2, -0.15) is 10.2 Å². The monoisotopic (exact) mass is 421 g/mol. The molecule has 4 rings (SSSR count). The first-order valence-electron chi connectivity index (χ1n) is 10.2. The van der Waals surface area contributed by atoms with Crippen molar-refractivity contribution in [1.82, 2.24) is 4.98 Å². The minimum atomic E-state index is 0.342. The number of nitriles is 1. The van der Waals surface area contributed by atoms with E-state index in [9.17, 15) is 5.26 Å². The molecule has 30 heavy (non-hydrogen) atoms. The quantitative estimate of drug-likeness (QED) is 0.511. The first-order valence-corrected chi connectivity index (χ1v) is 10.5. The van der Waals surface area contributed by atoms with Gasteiger partial charge in [0.1, 0.15) is 18.4 Å². The molecule has 3 aromatic rings. The summed E-state index contributed by atoms with van der Waals surface area (Å²) < 4.78 is 11.9. The average molecular weight is 422 g/mol. The van der Waals surface area contributed by atoms with Crippen LogP contribution in [0.15, 0.2) is 52.9 Å². The third-order valence-electron chi connectivity index (χ3n) is 5.29. The summed E-state index contributed by atoms with van der Waals surface area (Å²) >= 11 is 5.91. The Labute approximate surface area is 181 Å². The lowest BCUT2D eigenvalue weighted by atomic mass is 9.92. The highest BCUT2D eigenvalue weighted by Gasteiger charge is 2.27. The second-order valence-electron chi connectivity index (χ2n) is 8.08. The first-order chi connectivity index (χ1) is 14.5. The zero-order chi connectivity index (χ0) is 21.1. The van der Waals surface area contributed by atoms with Crippen LogP contribution in [-0.4, -0.2) is 18.1 Å². The van der Waals surface area contributed by atoms with E-state index in [1.54, 1.807) is 0 Å². The van der Waals surface area contributed by atoms with Crippen molar-refractivity contribution in [3.05, 3.63) is 64.8 Å². The molecule has 1 saturated heterocycles. The van der Waals surface area contributed by atoms with Crippen molar-refractivity contribution in [1.29, 1.82) is 5.26 Å². The largest absolute Gasteiger partial charge is 0.489 e. The van der Waals surface area contributed by atoms with Gasteiger partial charge in [0.2, 0.25) is 17.5 Å². The Morgan fingerprint density at radius 1 is 1.10 bits per heavy atom. The van der Waals surface area contributed by atoms with Gasteiger partial charge in [-0.3, -0.25) is 0 Å². The number of aromatic nitrogens is 1. The predicted molar refractivity (Wildman–Crippen MR) is 118 cm³/mol. The van der Waals surface area contributed by atoms with Crippen LogP contribution in [0.4, 0.5) is 5.88 Å². The van der Waals surface area contributed by atoms with E-state index in [4.69, 9.17) is 20.8 Å². The number of ether oxygens (including phenoxy) is 1. The van der Waals surface area contributed by atoms with Crippen molar-refractivity contribution in [2.75, 3.05) is 18.0 Å². The number of anilines is 1. The molecule has 6 heteroatoms. The van der Waals surface area contributed by atoms with E-state index in [2.05, 4.69) is 29.8 Å². The highest BCUT2D eigenvalue weighted by Crippen LogP contribution is 2.33. The topological polar surface area (TPSA) is 62.3 Å². The van der Waals surface area contributed by atoms with E-state index in [1.165, 1.54) is 6.42 Å². The minimum absolute atomic E-state index is 0.342. The van der Waals surface area contributed by atoms with Gasteiger partial charge in [0.15, 0.2) is 0 Å². The van der Waals surface area contributed by atoms with Gasteiger partial charge in [0.25, 0.3) is 0 Å². The molecule has 0 radical (unpaired) electrons. The average Bonchev–Trinajstić information content (AvgIpc) is 3.18. The highest BCUT2D eigenvalue weighted by molar-refractivity contribution is 6.30. The summed E-state index contributed by atoms with van der Waals surface area (Å²) in [5, 5.41) is 10.3. The first kappa shape index (κ1) is 20.3. The maximum atomic E-state index is 9.55. The predicted octanol–water partition coefficient (Wildman–Crippen LogP) is 5.93. The fourth-order valence-electron chi connectivity index (χ4n) is 3.99. The zero-order valence-corrected chi connectivity index (χ0v) is 17.9. The van der Waals surface area contributed by atoms with Gasteiger partial charge in [-0.25, -0.2) is 0 Å². The summed E-state index contributed by atoms with van der Waals surface area (Å²) in [6, 6.07) is 17.3. The van der Waals surface area contributed by atoms with Crippen molar-refractivity contribution in [2.24, 2.45) is 11.8 Å². The Balaban J connectivity index is 1.48. The number of rotatable bonds is 5. The van der Waals surface area contributed by atoms with Gasteiger partial charge in [0, 0.05) is 23.7 Å². The van der Waals surface area contributed by atoms with Crippen LogP contribution in [0.1, 0.15) is 31.5 Å². The third kappa shape index (κ3) is 4.60. The van der Waals surface area contributed by atoms with E-state index < -0.39 is 0 Å². The molecule has 0 amide bonds. The molecule has 154 valence electrons. The molecule has 0 saturated carbocycles. The van der Waals surface area contributed by atoms with Crippen LogP contribution in [0.2, 0.25) is 5.02 Å². The number of benzene rings is 2. The smallest absolute Gasteiger partial charge is 0.235 e. The standard InChI is InChI=1S/C24H24ClN3O2/c1-16-11-17(2)14-28(13-16)24-22(12-26)27-23(30-24)19-5-9-21(10-6-19)29-15-18-3-7-20(25)8-4-18/h3-10,16-17H,11,13-15H2,1-2H3/t16-,17+. The number of hydrogen-bond donors (Lipinski definition) is 0. The van der Waals surface area contributed by atoms with E-state index in [1.807, 2.05) is 48.5 Å². The molecule has 0 aliphatic carbocycles. The maximum Gasteiger partial charge on any atom is 0.235 e. The Hall–Kier alpha value is -2.97. The van der Waals surface area contributed by atoms with Gasteiger partial charge in [-0.05, 0) is 60.2 Å². The van der Waals surface area contributed by atoms with Gasteiger partial charge in [-0.15, -0.1) is 0 Å². The van der Waals surface area contributed by atoms with Gasteiger partial charge >= 0.3 is 0 Å². The van der Waals surface area contributed by atoms with Crippen LogP contribution in [0.5, 0.6) is 5.75 Å². The van der Waals surface area contributed by atoms with Gasteiger partial charge < -0.3 is 14.1 Å². The van der Waals surface area contributed by atoms with Crippen LogP contribution in [0.3, 0.4) is 0 Å². The van der Waals surface area contributed by atoms with Crippen LogP contribution in [0.25, 0.3) is 11.5 Å². The third-order valence-corrected chi connectivity index (χ3v) is 5.54. The van der Waals surface area contributed by atoms with E-state index >= 15 is 0 Å². The van der Waals surface area contributed by atoms with E-state index in [0.29, 0.717) is 40.9 Å². The number of halogens is 1. The molecule has 2 heterocycles. The van der Waals surface area contributed by atoms with Crippen molar-refractivity contribution in [3.63, 3.8) is 0 Å². The molecule has 1 fully saturated rings. The molecular formula is C24H24ClN3O2. The van der Waals surface area contributed by atoms with Crippen molar-refractivity contribution in [2.45, 2.75) is 26.9 Å². The molecule has 0 N–H and O–H groups in total. The fraction of sp³-hybridized carbons (Fsp3) is 0.333. The molecule has 1 aromatic heterocycles. The summed E-state index contributed by atoms with van der Waals surface area (Å²) in [6.45, 7) is 6.68. The van der Waals surface area contributed by atoms with Crippen molar-refractivity contribution in [3.8, 4) is 23.3 Å². The normalized spacial score (nSPS) is 18.8. The summed E-state index contributed by atoms with van der Waals surface area (Å²) in [5.74, 6) is 2.90. The molecule has 2 atom stereocenters. The van der Waals surface area contributed by atoms with Gasteiger partial charge in [-0.1, -0.05) is 37.6 Å². The Morgan fingerprint density at radius 2 is 1.77 bits per heavy atom. The summed E-state index contributed by atoms with van der Waals surface area (Å²) in [6.07, 6.45) is 1.19. The van der Waals surface area contributed by atoms with E-state index in [-0.39, 0.29) is 0 Å². The fourth-order valence-corrected chi connectivity index (χ4v) is 4.12. The molecule has 0 bridgehead atoms. The molecule has 0 unspecified atom stereocenters. The molecule has 1 aliphatic heterocycles. The number of nitrogens with zero attached hydrogens (tertiary/aromatic N) is 3.